The SMILES string of the molecule is CCCNc1cccc(NCC2(O)CCCCC2)n1. The minimum absolute atomic E-state index is 0.549. The first-order chi connectivity index (χ1) is 9.22. The van der Waals surface area contributed by atoms with Gasteiger partial charge >= 0.3 is 0 Å². The number of hydrogen-bond donors (Lipinski definition) is 3. The molecular weight excluding hydrogens is 238 g/mol. The predicted molar refractivity (Wildman–Crippen MR) is 79.5 cm³/mol. The second-order valence-electron chi connectivity index (χ2n) is 5.47. The van der Waals surface area contributed by atoms with Crippen LogP contribution in [0.15, 0.2) is 18.2 Å². The van der Waals surface area contributed by atoms with Crippen molar-refractivity contribution in [2.45, 2.75) is 51.0 Å². The first-order valence-electron chi connectivity index (χ1n) is 7.39. The summed E-state index contributed by atoms with van der Waals surface area (Å²) < 4.78 is 0. The molecule has 4 nitrogen and oxygen atoms in total. The van der Waals surface area contributed by atoms with Crippen molar-refractivity contribution in [2.24, 2.45) is 0 Å². The summed E-state index contributed by atoms with van der Waals surface area (Å²) in [5.41, 5.74) is -0.549. The number of hydrogen-bond acceptors (Lipinski definition) is 4. The van der Waals surface area contributed by atoms with Gasteiger partial charge in [-0.05, 0) is 31.4 Å². The standard InChI is InChI=1S/C15H25N3O/c1-2-11-16-13-7-6-8-14(18-13)17-12-15(19)9-4-3-5-10-15/h6-8,19H,2-5,9-12H2,1H3,(H2,16,17,18). The Kier molecular flexibility index (Phi) is 5.02. The number of rotatable bonds is 6. The molecule has 1 saturated carbocycles. The Bertz CT molecular complexity index is 389. The highest BCUT2D eigenvalue weighted by Crippen LogP contribution is 2.28. The highest BCUT2D eigenvalue weighted by molar-refractivity contribution is 5.45. The first-order valence-corrected chi connectivity index (χ1v) is 7.39. The average molecular weight is 263 g/mol. The third-order valence-corrected chi connectivity index (χ3v) is 3.69. The van der Waals surface area contributed by atoms with Crippen molar-refractivity contribution in [1.29, 1.82) is 0 Å². The van der Waals surface area contributed by atoms with Crippen molar-refractivity contribution in [1.82, 2.24) is 4.98 Å². The van der Waals surface area contributed by atoms with Gasteiger partial charge in [-0.3, -0.25) is 0 Å². The Morgan fingerprint density at radius 1 is 1.16 bits per heavy atom. The highest BCUT2D eigenvalue weighted by Gasteiger charge is 2.28. The van der Waals surface area contributed by atoms with Crippen LogP contribution in [0.1, 0.15) is 45.4 Å². The van der Waals surface area contributed by atoms with Gasteiger partial charge in [-0.2, -0.15) is 0 Å². The summed E-state index contributed by atoms with van der Waals surface area (Å²) in [5.74, 6) is 1.72. The first kappa shape index (κ1) is 14.1. The van der Waals surface area contributed by atoms with E-state index in [2.05, 4.69) is 22.5 Å². The lowest BCUT2D eigenvalue weighted by atomic mass is 9.85. The van der Waals surface area contributed by atoms with E-state index < -0.39 is 5.60 Å². The van der Waals surface area contributed by atoms with Crippen LogP contribution in [-0.4, -0.2) is 28.8 Å². The summed E-state index contributed by atoms with van der Waals surface area (Å²) in [5, 5.41) is 17.0. The quantitative estimate of drug-likeness (QED) is 0.738. The van der Waals surface area contributed by atoms with Gasteiger partial charge in [0.1, 0.15) is 11.6 Å². The fourth-order valence-corrected chi connectivity index (χ4v) is 2.53. The van der Waals surface area contributed by atoms with Gasteiger partial charge in [0.15, 0.2) is 0 Å². The lowest BCUT2D eigenvalue weighted by Crippen LogP contribution is -2.38. The van der Waals surface area contributed by atoms with Crippen molar-refractivity contribution in [3.63, 3.8) is 0 Å². The van der Waals surface area contributed by atoms with Crippen LogP contribution >= 0.6 is 0 Å². The third-order valence-electron chi connectivity index (χ3n) is 3.69. The van der Waals surface area contributed by atoms with Crippen LogP contribution in [0.5, 0.6) is 0 Å². The normalized spacial score (nSPS) is 18.0. The zero-order valence-electron chi connectivity index (χ0n) is 11.8. The lowest BCUT2D eigenvalue weighted by molar-refractivity contribution is 0.0166. The van der Waals surface area contributed by atoms with Gasteiger partial charge in [-0.1, -0.05) is 32.3 Å². The third kappa shape index (κ3) is 4.39. The predicted octanol–water partition coefficient (Wildman–Crippen LogP) is 3.01. The molecule has 0 bridgehead atoms. The Morgan fingerprint density at radius 2 is 1.84 bits per heavy atom. The largest absolute Gasteiger partial charge is 0.388 e. The van der Waals surface area contributed by atoms with Crippen LogP contribution in [-0.2, 0) is 0 Å². The van der Waals surface area contributed by atoms with Gasteiger partial charge in [0, 0.05) is 13.1 Å². The lowest BCUT2D eigenvalue weighted by Gasteiger charge is -2.32. The number of pyridine rings is 1. The highest BCUT2D eigenvalue weighted by atomic mass is 16.3. The summed E-state index contributed by atoms with van der Waals surface area (Å²) in [4.78, 5) is 4.49. The van der Waals surface area contributed by atoms with Crippen molar-refractivity contribution < 1.29 is 5.11 Å². The maximum Gasteiger partial charge on any atom is 0.128 e. The van der Waals surface area contributed by atoms with E-state index in [1.54, 1.807) is 0 Å². The maximum atomic E-state index is 10.4. The van der Waals surface area contributed by atoms with Crippen LogP contribution in [0.3, 0.4) is 0 Å². The molecule has 2 rings (SSSR count). The van der Waals surface area contributed by atoms with E-state index in [1.165, 1.54) is 6.42 Å². The molecule has 0 aromatic carbocycles. The molecule has 3 N–H and O–H groups in total. The van der Waals surface area contributed by atoms with Crippen molar-refractivity contribution in [3.8, 4) is 0 Å². The molecule has 106 valence electrons. The van der Waals surface area contributed by atoms with Gasteiger partial charge < -0.3 is 15.7 Å². The molecule has 1 heterocycles. The monoisotopic (exact) mass is 263 g/mol. The van der Waals surface area contributed by atoms with E-state index >= 15 is 0 Å². The van der Waals surface area contributed by atoms with E-state index in [0.29, 0.717) is 6.54 Å². The van der Waals surface area contributed by atoms with Crippen LogP contribution in [0.4, 0.5) is 11.6 Å². The Hall–Kier alpha value is -1.29. The number of nitrogens with one attached hydrogen (secondary N) is 2. The smallest absolute Gasteiger partial charge is 0.128 e. The Labute approximate surface area is 115 Å². The van der Waals surface area contributed by atoms with Crippen molar-refractivity contribution in [2.75, 3.05) is 23.7 Å². The summed E-state index contributed by atoms with van der Waals surface area (Å²) in [7, 11) is 0. The molecule has 0 atom stereocenters. The van der Waals surface area contributed by atoms with Crippen LogP contribution < -0.4 is 10.6 Å². The molecule has 1 aromatic rings. The molecular formula is C15H25N3O. The van der Waals surface area contributed by atoms with Gasteiger partial charge in [-0.25, -0.2) is 4.98 Å². The molecule has 0 spiro atoms. The zero-order valence-corrected chi connectivity index (χ0v) is 11.8. The molecule has 1 aliphatic carbocycles. The molecule has 1 aromatic heterocycles. The van der Waals surface area contributed by atoms with Crippen LogP contribution in [0, 0.1) is 0 Å². The van der Waals surface area contributed by atoms with Crippen molar-refractivity contribution >= 4 is 11.6 Å². The minimum Gasteiger partial charge on any atom is -0.388 e. The van der Waals surface area contributed by atoms with Gasteiger partial charge in [0.2, 0.25) is 0 Å². The molecule has 0 unspecified atom stereocenters. The number of nitrogens with zero attached hydrogens (tertiary/aromatic N) is 1. The summed E-state index contributed by atoms with van der Waals surface area (Å²) in [6.45, 7) is 3.66. The molecule has 4 heteroatoms. The summed E-state index contributed by atoms with van der Waals surface area (Å²) in [6, 6.07) is 5.90. The molecule has 0 aliphatic heterocycles. The number of anilines is 2. The van der Waals surface area contributed by atoms with E-state index in [4.69, 9.17) is 0 Å². The molecule has 1 aliphatic rings. The molecule has 0 amide bonds. The fraction of sp³-hybridized carbons (Fsp3) is 0.667. The van der Waals surface area contributed by atoms with Crippen LogP contribution in [0.2, 0.25) is 0 Å². The second-order valence-corrected chi connectivity index (χ2v) is 5.47. The van der Waals surface area contributed by atoms with Gasteiger partial charge in [-0.15, -0.1) is 0 Å². The zero-order chi connectivity index (χ0) is 13.6. The number of aliphatic hydroxyl groups is 1. The average Bonchev–Trinajstić information content (AvgIpc) is 2.44. The fourth-order valence-electron chi connectivity index (χ4n) is 2.53. The number of aromatic nitrogens is 1. The summed E-state index contributed by atoms with van der Waals surface area (Å²) >= 11 is 0. The topological polar surface area (TPSA) is 57.2 Å². The van der Waals surface area contributed by atoms with E-state index in [1.807, 2.05) is 18.2 Å². The van der Waals surface area contributed by atoms with E-state index in [-0.39, 0.29) is 0 Å². The molecule has 0 saturated heterocycles. The molecule has 0 radical (unpaired) electrons. The summed E-state index contributed by atoms with van der Waals surface area (Å²) in [6.07, 6.45) is 6.38. The molecule has 19 heavy (non-hydrogen) atoms. The maximum absolute atomic E-state index is 10.4. The Morgan fingerprint density at radius 3 is 2.53 bits per heavy atom. The van der Waals surface area contributed by atoms with E-state index in [9.17, 15) is 5.11 Å². The van der Waals surface area contributed by atoms with Crippen molar-refractivity contribution in [3.05, 3.63) is 18.2 Å². The molecule has 1 fully saturated rings. The van der Waals surface area contributed by atoms with E-state index in [0.717, 1.165) is 50.3 Å². The van der Waals surface area contributed by atoms with Crippen LogP contribution in [0.25, 0.3) is 0 Å². The van der Waals surface area contributed by atoms with Gasteiger partial charge in [0.05, 0.1) is 5.60 Å². The second kappa shape index (κ2) is 6.75. The minimum atomic E-state index is -0.549. The Balaban J connectivity index is 1.88. The van der Waals surface area contributed by atoms with Gasteiger partial charge in [0.25, 0.3) is 0 Å².